The maximum atomic E-state index is 3.98. The topological polar surface area (TPSA) is 17.0 Å². The molecule has 0 spiro atoms. The van der Waals surface area contributed by atoms with Crippen molar-refractivity contribution in [2.75, 3.05) is 12.4 Å². The minimum atomic E-state index is 1.08. The zero-order chi connectivity index (χ0) is 23.8. The lowest BCUT2D eigenvalue weighted by atomic mass is 9.96. The number of anilines is 1. The van der Waals surface area contributed by atoms with E-state index in [1.54, 1.807) is 0 Å². The number of fused-ring (bicyclic) bond motifs is 3. The van der Waals surface area contributed by atoms with Crippen LogP contribution >= 0.6 is 0 Å². The monoisotopic (exact) mass is 450 g/mol. The van der Waals surface area contributed by atoms with Gasteiger partial charge in [0.2, 0.25) is 0 Å². The predicted molar refractivity (Wildman–Crippen MR) is 151 cm³/mol. The quantitative estimate of drug-likeness (QED) is 0.278. The summed E-state index contributed by atoms with van der Waals surface area (Å²) in [6.07, 6.45) is 1.90. The SMILES string of the molecule is C=Cc1cc(-c2cccc(-c3ccc4c(c3)c3ccccc3n4-c3ccccc3)c2)ccc1NC. The number of rotatable bonds is 5. The van der Waals surface area contributed by atoms with E-state index in [0.717, 1.165) is 11.3 Å². The first-order chi connectivity index (χ1) is 17.3. The van der Waals surface area contributed by atoms with Gasteiger partial charge in [0.1, 0.15) is 0 Å². The Labute approximate surface area is 205 Å². The van der Waals surface area contributed by atoms with Crippen LogP contribution in [-0.4, -0.2) is 11.6 Å². The summed E-state index contributed by atoms with van der Waals surface area (Å²) in [5.41, 5.74) is 10.6. The van der Waals surface area contributed by atoms with Crippen molar-refractivity contribution in [1.82, 2.24) is 4.57 Å². The van der Waals surface area contributed by atoms with Gasteiger partial charge in [-0.25, -0.2) is 0 Å². The zero-order valence-corrected chi connectivity index (χ0v) is 19.7. The number of hydrogen-bond donors (Lipinski definition) is 1. The highest BCUT2D eigenvalue weighted by molar-refractivity contribution is 6.10. The van der Waals surface area contributed by atoms with Crippen molar-refractivity contribution >= 4 is 33.6 Å². The minimum Gasteiger partial charge on any atom is -0.388 e. The van der Waals surface area contributed by atoms with Gasteiger partial charge in [0.15, 0.2) is 0 Å². The van der Waals surface area contributed by atoms with Crippen molar-refractivity contribution in [3.63, 3.8) is 0 Å². The third-order valence-electron chi connectivity index (χ3n) is 6.76. The predicted octanol–water partition coefficient (Wildman–Crippen LogP) is 8.80. The lowest BCUT2D eigenvalue weighted by molar-refractivity contribution is 1.18. The molecule has 35 heavy (non-hydrogen) atoms. The summed E-state index contributed by atoms with van der Waals surface area (Å²) in [6.45, 7) is 3.98. The highest BCUT2D eigenvalue weighted by Crippen LogP contribution is 2.36. The molecule has 0 aliphatic heterocycles. The zero-order valence-electron chi connectivity index (χ0n) is 19.7. The number of para-hydroxylation sites is 2. The molecule has 0 bridgehead atoms. The van der Waals surface area contributed by atoms with Crippen LogP contribution in [-0.2, 0) is 0 Å². The van der Waals surface area contributed by atoms with Crippen molar-refractivity contribution in [3.05, 3.63) is 127 Å². The van der Waals surface area contributed by atoms with Gasteiger partial charge in [0, 0.05) is 29.2 Å². The molecule has 2 nitrogen and oxygen atoms in total. The second-order valence-corrected chi connectivity index (χ2v) is 8.76. The molecule has 0 unspecified atom stereocenters. The number of nitrogens with zero attached hydrogens (tertiary/aromatic N) is 1. The van der Waals surface area contributed by atoms with E-state index in [2.05, 4.69) is 132 Å². The second-order valence-electron chi connectivity index (χ2n) is 8.76. The van der Waals surface area contributed by atoms with Crippen molar-refractivity contribution in [2.45, 2.75) is 0 Å². The van der Waals surface area contributed by atoms with Crippen molar-refractivity contribution in [1.29, 1.82) is 0 Å². The van der Waals surface area contributed by atoms with E-state index in [1.807, 2.05) is 13.1 Å². The normalized spacial score (nSPS) is 11.1. The lowest BCUT2D eigenvalue weighted by Crippen LogP contribution is -1.93. The molecule has 0 atom stereocenters. The fourth-order valence-electron chi connectivity index (χ4n) is 5.02. The third-order valence-corrected chi connectivity index (χ3v) is 6.76. The van der Waals surface area contributed by atoms with Crippen LogP contribution in [0.3, 0.4) is 0 Å². The molecule has 0 amide bonds. The van der Waals surface area contributed by atoms with Gasteiger partial charge in [-0.3, -0.25) is 0 Å². The van der Waals surface area contributed by atoms with Gasteiger partial charge >= 0.3 is 0 Å². The van der Waals surface area contributed by atoms with Crippen molar-refractivity contribution < 1.29 is 0 Å². The van der Waals surface area contributed by atoms with E-state index >= 15 is 0 Å². The van der Waals surface area contributed by atoms with Crippen LogP contribution < -0.4 is 5.32 Å². The van der Waals surface area contributed by atoms with Gasteiger partial charge < -0.3 is 9.88 Å². The number of benzene rings is 5. The van der Waals surface area contributed by atoms with Gasteiger partial charge in [-0.05, 0) is 76.3 Å². The van der Waals surface area contributed by atoms with Gasteiger partial charge in [0.25, 0.3) is 0 Å². The number of hydrogen-bond acceptors (Lipinski definition) is 1. The molecule has 0 saturated heterocycles. The van der Waals surface area contributed by atoms with Crippen molar-refractivity contribution in [2.24, 2.45) is 0 Å². The summed E-state index contributed by atoms with van der Waals surface area (Å²) >= 11 is 0. The highest BCUT2D eigenvalue weighted by atomic mass is 15.0. The second kappa shape index (κ2) is 8.66. The molecule has 168 valence electrons. The summed E-state index contributed by atoms with van der Waals surface area (Å²) in [6, 6.07) is 41.3. The van der Waals surface area contributed by atoms with Crippen LogP contribution in [0, 0.1) is 0 Å². The maximum Gasteiger partial charge on any atom is 0.0541 e. The molecule has 0 saturated carbocycles. The van der Waals surface area contributed by atoms with E-state index in [1.165, 1.54) is 49.7 Å². The van der Waals surface area contributed by atoms with E-state index in [4.69, 9.17) is 0 Å². The number of nitrogens with one attached hydrogen (secondary N) is 1. The van der Waals surface area contributed by atoms with E-state index in [-0.39, 0.29) is 0 Å². The molecule has 0 radical (unpaired) electrons. The first-order valence-corrected chi connectivity index (χ1v) is 11.9. The molecule has 1 heterocycles. The first-order valence-electron chi connectivity index (χ1n) is 11.9. The molecular weight excluding hydrogens is 424 g/mol. The van der Waals surface area contributed by atoms with Gasteiger partial charge in [0.05, 0.1) is 11.0 Å². The van der Waals surface area contributed by atoms with Crippen LogP contribution in [0.2, 0.25) is 0 Å². The van der Waals surface area contributed by atoms with E-state index in [0.29, 0.717) is 0 Å². The molecule has 2 heteroatoms. The van der Waals surface area contributed by atoms with Gasteiger partial charge in [-0.1, -0.05) is 79.4 Å². The molecular formula is C33H26N2. The Morgan fingerprint density at radius 1 is 0.600 bits per heavy atom. The molecule has 0 fully saturated rings. The average Bonchev–Trinajstić information content (AvgIpc) is 3.27. The fourth-order valence-corrected chi connectivity index (χ4v) is 5.02. The molecule has 5 aromatic carbocycles. The van der Waals surface area contributed by atoms with Crippen LogP contribution in [0.4, 0.5) is 5.69 Å². The Kier molecular flexibility index (Phi) is 5.20. The fraction of sp³-hybridized carbons (Fsp3) is 0.0303. The standard InChI is InChI=1S/C33H26N2/c1-3-23-20-26(16-18-31(23)34-2)24-10-9-11-25(21-24)27-17-19-33-30(22-27)29-14-7-8-15-32(29)35(33)28-12-5-4-6-13-28/h3-22,34H,1H2,2H3. The summed E-state index contributed by atoms with van der Waals surface area (Å²) in [5, 5.41) is 5.76. The first kappa shape index (κ1) is 21.0. The summed E-state index contributed by atoms with van der Waals surface area (Å²) in [7, 11) is 1.94. The van der Waals surface area contributed by atoms with Gasteiger partial charge in [-0.2, -0.15) is 0 Å². The molecule has 6 rings (SSSR count). The maximum absolute atomic E-state index is 3.98. The van der Waals surface area contributed by atoms with E-state index in [9.17, 15) is 0 Å². The molecule has 0 aliphatic carbocycles. The Morgan fingerprint density at radius 3 is 2.03 bits per heavy atom. The Bertz CT molecular complexity index is 1690. The Balaban J connectivity index is 1.50. The molecule has 1 aromatic heterocycles. The summed E-state index contributed by atoms with van der Waals surface area (Å²) in [5.74, 6) is 0. The highest BCUT2D eigenvalue weighted by Gasteiger charge is 2.13. The molecule has 6 aromatic rings. The lowest BCUT2D eigenvalue weighted by Gasteiger charge is -2.11. The molecule has 0 aliphatic rings. The number of aromatic nitrogens is 1. The van der Waals surface area contributed by atoms with Crippen LogP contribution in [0.25, 0.3) is 55.8 Å². The average molecular weight is 451 g/mol. The largest absolute Gasteiger partial charge is 0.388 e. The summed E-state index contributed by atoms with van der Waals surface area (Å²) in [4.78, 5) is 0. The summed E-state index contributed by atoms with van der Waals surface area (Å²) < 4.78 is 2.35. The van der Waals surface area contributed by atoms with Crippen LogP contribution in [0.5, 0.6) is 0 Å². The van der Waals surface area contributed by atoms with Gasteiger partial charge in [-0.15, -0.1) is 0 Å². The Morgan fingerprint density at radius 2 is 1.26 bits per heavy atom. The van der Waals surface area contributed by atoms with Crippen molar-refractivity contribution in [3.8, 4) is 27.9 Å². The smallest absolute Gasteiger partial charge is 0.0541 e. The minimum absolute atomic E-state index is 1.08. The van der Waals surface area contributed by atoms with Crippen LogP contribution in [0.15, 0.2) is 122 Å². The van der Waals surface area contributed by atoms with E-state index < -0.39 is 0 Å². The third kappa shape index (κ3) is 3.60. The van der Waals surface area contributed by atoms with Crippen LogP contribution in [0.1, 0.15) is 5.56 Å². The molecule has 1 N–H and O–H groups in total. The Hall–Kier alpha value is -4.56.